The minimum Gasteiger partial charge on any atom is -0.390 e. The molecular formula is C28H27F2N7O3. The molecule has 0 unspecified atom stereocenters. The van der Waals surface area contributed by atoms with E-state index < -0.39 is 29.6 Å². The van der Waals surface area contributed by atoms with Crippen LogP contribution in [0.15, 0.2) is 66.1 Å². The maximum Gasteiger partial charge on any atom is 0.247 e. The van der Waals surface area contributed by atoms with Gasteiger partial charge < -0.3 is 25.5 Å². The zero-order valence-corrected chi connectivity index (χ0v) is 21.7. The van der Waals surface area contributed by atoms with Crippen molar-refractivity contribution in [3.8, 4) is 5.69 Å². The molecule has 0 spiro atoms. The molecule has 2 aromatic heterocycles. The summed E-state index contributed by atoms with van der Waals surface area (Å²) in [5.74, 6) is -2.55. The molecule has 1 amide bonds. The van der Waals surface area contributed by atoms with Crippen LogP contribution < -0.4 is 21.0 Å². The zero-order chi connectivity index (χ0) is 28.4. The van der Waals surface area contributed by atoms with Crippen molar-refractivity contribution in [3.63, 3.8) is 0 Å². The number of amides is 1. The van der Waals surface area contributed by atoms with E-state index in [-0.39, 0.29) is 34.1 Å². The predicted molar refractivity (Wildman–Crippen MR) is 149 cm³/mol. The molecule has 0 radical (unpaired) electrons. The topological polar surface area (TPSA) is 116 Å². The Hall–Kier alpha value is -4.68. The predicted octanol–water partition coefficient (Wildman–Crippen LogP) is 3.17. The summed E-state index contributed by atoms with van der Waals surface area (Å²) in [5, 5.41) is 15.6. The van der Waals surface area contributed by atoms with Crippen LogP contribution in [0.25, 0.3) is 16.7 Å². The summed E-state index contributed by atoms with van der Waals surface area (Å²) < 4.78 is 31.7. The van der Waals surface area contributed by atoms with Gasteiger partial charge in [0, 0.05) is 49.8 Å². The molecule has 12 heteroatoms. The number of nitrogens with one attached hydrogen (secondary N) is 2. The van der Waals surface area contributed by atoms with Crippen molar-refractivity contribution in [2.24, 2.45) is 0 Å². The third-order valence-corrected chi connectivity index (χ3v) is 6.70. The normalized spacial score (nSPS) is 13.8. The van der Waals surface area contributed by atoms with Gasteiger partial charge in [-0.2, -0.15) is 4.98 Å². The average Bonchev–Trinajstić information content (AvgIpc) is 2.96. The Morgan fingerprint density at radius 2 is 1.90 bits per heavy atom. The highest BCUT2D eigenvalue weighted by molar-refractivity contribution is 5.99. The summed E-state index contributed by atoms with van der Waals surface area (Å²) in [6, 6.07) is 10.9. The monoisotopic (exact) mass is 547 g/mol. The number of aliphatic hydroxyl groups is 1. The maximum absolute atomic E-state index is 15.1. The van der Waals surface area contributed by atoms with Crippen molar-refractivity contribution in [3.05, 3.63) is 88.9 Å². The van der Waals surface area contributed by atoms with Crippen molar-refractivity contribution in [2.45, 2.75) is 6.61 Å². The number of fused-ring (bicyclic) bond motifs is 1. The molecule has 1 fully saturated rings. The van der Waals surface area contributed by atoms with Crippen LogP contribution in [0, 0.1) is 11.6 Å². The van der Waals surface area contributed by atoms with Crippen LogP contribution in [-0.4, -0.2) is 63.7 Å². The lowest BCUT2D eigenvalue weighted by atomic mass is 10.2. The fraction of sp³-hybridized carbons (Fsp3) is 0.214. The number of piperazine rings is 1. The summed E-state index contributed by atoms with van der Waals surface area (Å²) in [6.07, 6.45) is 2.41. The summed E-state index contributed by atoms with van der Waals surface area (Å²) in [4.78, 5) is 37.1. The van der Waals surface area contributed by atoms with Crippen LogP contribution in [-0.2, 0) is 11.4 Å². The summed E-state index contributed by atoms with van der Waals surface area (Å²) in [6.45, 7) is 5.59. The largest absolute Gasteiger partial charge is 0.390 e. The van der Waals surface area contributed by atoms with Gasteiger partial charge in [-0.1, -0.05) is 12.6 Å². The van der Waals surface area contributed by atoms with Gasteiger partial charge in [-0.25, -0.2) is 13.8 Å². The summed E-state index contributed by atoms with van der Waals surface area (Å²) in [7, 11) is 1.98. The number of carbonyl (C=O) groups is 1. The minimum absolute atomic E-state index is 0.0856. The third kappa shape index (κ3) is 5.26. The molecule has 1 aliphatic heterocycles. The SMILES string of the molecule is C=CC(=O)Nc1cccc(-n2c(CO)cc(=O)c3cnc(Nc4ccc(N5CCN(C)CC5)c(F)c4F)nc32)c1. The van der Waals surface area contributed by atoms with E-state index in [0.717, 1.165) is 19.2 Å². The molecule has 1 aliphatic rings. The van der Waals surface area contributed by atoms with Crippen molar-refractivity contribution in [1.29, 1.82) is 0 Å². The second kappa shape index (κ2) is 11.2. The number of aromatic nitrogens is 3. The first-order valence-electron chi connectivity index (χ1n) is 12.5. The van der Waals surface area contributed by atoms with E-state index in [1.54, 1.807) is 29.2 Å². The van der Waals surface area contributed by atoms with Gasteiger partial charge in [-0.15, -0.1) is 0 Å². The lowest BCUT2D eigenvalue weighted by Gasteiger charge is -2.34. The van der Waals surface area contributed by atoms with Gasteiger partial charge in [0.25, 0.3) is 0 Å². The molecular weight excluding hydrogens is 520 g/mol. The molecule has 10 nitrogen and oxygen atoms in total. The minimum atomic E-state index is -1.08. The number of nitrogens with zero attached hydrogens (tertiary/aromatic N) is 5. The molecule has 5 rings (SSSR count). The van der Waals surface area contributed by atoms with Gasteiger partial charge in [0.1, 0.15) is 0 Å². The Labute approximate surface area is 228 Å². The van der Waals surface area contributed by atoms with E-state index in [9.17, 15) is 14.7 Å². The second-order valence-electron chi connectivity index (χ2n) is 9.34. The van der Waals surface area contributed by atoms with E-state index in [2.05, 4.69) is 32.1 Å². The number of rotatable bonds is 7. The fourth-order valence-electron chi connectivity index (χ4n) is 4.58. The number of pyridine rings is 1. The fourth-order valence-corrected chi connectivity index (χ4v) is 4.58. The first-order valence-corrected chi connectivity index (χ1v) is 12.5. The molecule has 3 heterocycles. The van der Waals surface area contributed by atoms with Crippen LogP contribution in [0.2, 0.25) is 0 Å². The van der Waals surface area contributed by atoms with Crippen LogP contribution in [0.4, 0.5) is 31.8 Å². The Morgan fingerprint density at radius 3 is 2.62 bits per heavy atom. The van der Waals surface area contributed by atoms with Crippen LogP contribution in [0.5, 0.6) is 0 Å². The molecule has 2 aromatic carbocycles. The van der Waals surface area contributed by atoms with Gasteiger partial charge in [0.05, 0.1) is 29.1 Å². The molecule has 0 aliphatic carbocycles. The van der Waals surface area contributed by atoms with Crippen LogP contribution in [0.1, 0.15) is 5.69 Å². The molecule has 3 N–H and O–H groups in total. The van der Waals surface area contributed by atoms with Crippen molar-refractivity contribution in [2.75, 3.05) is 48.8 Å². The molecule has 40 heavy (non-hydrogen) atoms. The molecule has 0 bridgehead atoms. The van der Waals surface area contributed by atoms with Crippen LogP contribution >= 0.6 is 0 Å². The van der Waals surface area contributed by atoms with Gasteiger partial charge >= 0.3 is 0 Å². The highest BCUT2D eigenvalue weighted by Gasteiger charge is 2.22. The van der Waals surface area contributed by atoms with Gasteiger partial charge in [-0.05, 0) is 43.5 Å². The Balaban J connectivity index is 1.54. The molecule has 206 valence electrons. The first kappa shape index (κ1) is 26.9. The Kier molecular flexibility index (Phi) is 7.54. The lowest BCUT2D eigenvalue weighted by Crippen LogP contribution is -2.44. The lowest BCUT2D eigenvalue weighted by molar-refractivity contribution is -0.111. The maximum atomic E-state index is 15.1. The number of hydrogen-bond acceptors (Lipinski definition) is 8. The summed E-state index contributed by atoms with van der Waals surface area (Å²) in [5.41, 5.74) is 0.861. The number of anilines is 4. The van der Waals surface area contributed by atoms with Crippen molar-refractivity contribution < 1.29 is 18.7 Å². The van der Waals surface area contributed by atoms with E-state index in [0.29, 0.717) is 24.5 Å². The van der Waals surface area contributed by atoms with Gasteiger partial charge in [0.2, 0.25) is 11.9 Å². The standard InChI is InChI=1S/C28H27F2N7O3/c1-3-24(40)32-17-5-4-6-18(13-17)37-19(16-38)14-23(39)20-15-31-28(34-27(20)37)33-21-7-8-22(26(30)25(21)29)36-11-9-35(2)10-12-36/h3-8,13-15,38H,1,9-12,16H2,2H3,(H,32,40)(H,31,33,34). The highest BCUT2D eigenvalue weighted by atomic mass is 19.2. The Bertz CT molecular complexity index is 1670. The highest BCUT2D eigenvalue weighted by Crippen LogP contribution is 2.29. The van der Waals surface area contributed by atoms with Crippen LogP contribution in [0.3, 0.4) is 0 Å². The van der Waals surface area contributed by atoms with Crippen molar-refractivity contribution in [1.82, 2.24) is 19.4 Å². The third-order valence-electron chi connectivity index (χ3n) is 6.70. The molecule has 1 saturated heterocycles. The van der Waals surface area contributed by atoms with E-state index in [4.69, 9.17) is 0 Å². The zero-order valence-electron chi connectivity index (χ0n) is 21.7. The molecule has 0 saturated carbocycles. The summed E-state index contributed by atoms with van der Waals surface area (Å²) >= 11 is 0. The average molecular weight is 548 g/mol. The van der Waals surface area contributed by atoms with Gasteiger partial charge in [0.15, 0.2) is 22.7 Å². The number of hydrogen-bond donors (Lipinski definition) is 3. The number of aliphatic hydroxyl groups excluding tert-OH is 1. The Morgan fingerprint density at radius 1 is 1.12 bits per heavy atom. The number of likely N-dealkylation sites (N-methyl/N-ethyl adjacent to an activating group) is 1. The second-order valence-corrected chi connectivity index (χ2v) is 9.34. The number of carbonyl (C=O) groups excluding carboxylic acids is 1. The van der Waals surface area contributed by atoms with E-state index in [1.165, 1.54) is 29.0 Å². The van der Waals surface area contributed by atoms with E-state index in [1.807, 2.05) is 7.05 Å². The van der Waals surface area contributed by atoms with Gasteiger partial charge in [-0.3, -0.25) is 14.2 Å². The quantitative estimate of drug-likeness (QED) is 0.302. The smallest absolute Gasteiger partial charge is 0.247 e. The molecule has 0 atom stereocenters. The number of benzene rings is 2. The van der Waals surface area contributed by atoms with E-state index >= 15 is 8.78 Å². The molecule has 4 aromatic rings. The first-order chi connectivity index (χ1) is 19.3. The number of halogens is 2. The van der Waals surface area contributed by atoms with Crippen molar-refractivity contribution >= 4 is 40.0 Å².